The Labute approximate surface area is 124 Å². The Morgan fingerprint density at radius 1 is 1.10 bits per heavy atom. The standard InChI is InChI=1S/C18H19NO2/c1-12(2)21-14-9-7-13(8-10-14)17-11-18(20)15-5-3-4-6-16(15)19-17/h3-10,12,17,19H,11H2,1-2H3/t17-/m1/s1. The summed E-state index contributed by atoms with van der Waals surface area (Å²) in [4.78, 5) is 12.2. The van der Waals surface area contributed by atoms with E-state index in [2.05, 4.69) is 5.32 Å². The zero-order valence-electron chi connectivity index (χ0n) is 12.3. The minimum atomic E-state index is 0.0282. The van der Waals surface area contributed by atoms with Gasteiger partial charge in [-0.25, -0.2) is 0 Å². The number of nitrogens with one attached hydrogen (secondary N) is 1. The molecule has 1 aliphatic rings. The van der Waals surface area contributed by atoms with Gasteiger partial charge in [-0.3, -0.25) is 4.79 Å². The summed E-state index contributed by atoms with van der Waals surface area (Å²) >= 11 is 0. The maximum atomic E-state index is 12.2. The summed E-state index contributed by atoms with van der Waals surface area (Å²) in [5.41, 5.74) is 2.81. The first-order valence-corrected chi connectivity index (χ1v) is 7.29. The molecule has 3 rings (SSSR count). The van der Waals surface area contributed by atoms with E-state index >= 15 is 0 Å². The highest BCUT2D eigenvalue weighted by Crippen LogP contribution is 2.32. The molecule has 1 atom stereocenters. The summed E-state index contributed by atoms with van der Waals surface area (Å²) in [5, 5.41) is 3.44. The molecular weight excluding hydrogens is 262 g/mol. The van der Waals surface area contributed by atoms with Gasteiger partial charge >= 0.3 is 0 Å². The number of benzene rings is 2. The van der Waals surface area contributed by atoms with E-state index < -0.39 is 0 Å². The van der Waals surface area contributed by atoms with E-state index in [9.17, 15) is 4.79 Å². The zero-order valence-corrected chi connectivity index (χ0v) is 12.3. The normalized spacial score (nSPS) is 17.3. The van der Waals surface area contributed by atoms with Crippen molar-refractivity contribution in [2.24, 2.45) is 0 Å². The number of carbonyl (C=O) groups excluding carboxylic acids is 1. The molecule has 0 aromatic heterocycles. The molecule has 1 aliphatic heterocycles. The van der Waals surface area contributed by atoms with Crippen molar-refractivity contribution >= 4 is 11.5 Å². The molecule has 0 fully saturated rings. The second-order valence-corrected chi connectivity index (χ2v) is 5.61. The number of ketones is 1. The Morgan fingerprint density at radius 2 is 1.81 bits per heavy atom. The van der Waals surface area contributed by atoms with Crippen LogP contribution in [0.5, 0.6) is 5.75 Å². The molecule has 0 saturated heterocycles. The highest BCUT2D eigenvalue weighted by Gasteiger charge is 2.25. The van der Waals surface area contributed by atoms with Gasteiger partial charge in [0.05, 0.1) is 12.1 Å². The molecule has 0 unspecified atom stereocenters. The number of Topliss-reactive ketones (excluding diaryl/α,β-unsaturated/α-hetero) is 1. The van der Waals surface area contributed by atoms with E-state index in [0.29, 0.717) is 6.42 Å². The Kier molecular flexibility index (Phi) is 3.65. The van der Waals surface area contributed by atoms with Crippen molar-refractivity contribution in [3.05, 3.63) is 59.7 Å². The lowest BCUT2D eigenvalue weighted by atomic mass is 9.92. The quantitative estimate of drug-likeness (QED) is 0.915. The lowest BCUT2D eigenvalue weighted by Crippen LogP contribution is -2.22. The van der Waals surface area contributed by atoms with Crippen LogP contribution in [0.2, 0.25) is 0 Å². The van der Waals surface area contributed by atoms with Crippen LogP contribution in [-0.4, -0.2) is 11.9 Å². The number of fused-ring (bicyclic) bond motifs is 1. The Bertz CT molecular complexity index is 647. The van der Waals surface area contributed by atoms with Crippen LogP contribution < -0.4 is 10.1 Å². The highest BCUT2D eigenvalue weighted by atomic mass is 16.5. The first kappa shape index (κ1) is 13.7. The van der Waals surface area contributed by atoms with E-state index in [4.69, 9.17) is 4.74 Å². The number of hydrogen-bond donors (Lipinski definition) is 1. The number of rotatable bonds is 3. The SMILES string of the molecule is CC(C)Oc1ccc([C@H]2CC(=O)c3ccccc3N2)cc1. The number of hydrogen-bond acceptors (Lipinski definition) is 3. The monoisotopic (exact) mass is 281 g/mol. The summed E-state index contributed by atoms with van der Waals surface area (Å²) in [6.45, 7) is 4.01. The largest absolute Gasteiger partial charge is 0.491 e. The smallest absolute Gasteiger partial charge is 0.167 e. The summed E-state index contributed by atoms with van der Waals surface area (Å²) < 4.78 is 5.65. The second-order valence-electron chi connectivity index (χ2n) is 5.61. The fourth-order valence-corrected chi connectivity index (χ4v) is 2.64. The molecule has 1 N–H and O–H groups in total. The molecule has 0 bridgehead atoms. The van der Waals surface area contributed by atoms with Gasteiger partial charge in [0.2, 0.25) is 0 Å². The molecule has 3 heteroatoms. The fourth-order valence-electron chi connectivity index (χ4n) is 2.64. The zero-order chi connectivity index (χ0) is 14.8. The van der Waals surface area contributed by atoms with Crippen molar-refractivity contribution in [3.8, 4) is 5.75 Å². The molecule has 2 aromatic rings. The predicted molar refractivity (Wildman–Crippen MR) is 84.0 cm³/mol. The van der Waals surface area contributed by atoms with E-state index in [1.165, 1.54) is 0 Å². The highest BCUT2D eigenvalue weighted by molar-refractivity contribution is 6.03. The van der Waals surface area contributed by atoms with Crippen molar-refractivity contribution in [1.82, 2.24) is 0 Å². The molecule has 2 aromatic carbocycles. The van der Waals surface area contributed by atoms with Crippen LogP contribution in [0.4, 0.5) is 5.69 Å². The van der Waals surface area contributed by atoms with Crippen LogP contribution in [0.15, 0.2) is 48.5 Å². The van der Waals surface area contributed by atoms with Crippen molar-refractivity contribution in [2.45, 2.75) is 32.4 Å². The molecule has 0 spiro atoms. The Morgan fingerprint density at radius 3 is 2.52 bits per heavy atom. The molecule has 0 amide bonds. The van der Waals surface area contributed by atoms with E-state index in [1.807, 2.05) is 62.4 Å². The molecule has 21 heavy (non-hydrogen) atoms. The average molecular weight is 281 g/mol. The molecule has 0 radical (unpaired) electrons. The van der Waals surface area contributed by atoms with Crippen LogP contribution in [0.1, 0.15) is 42.2 Å². The fraction of sp³-hybridized carbons (Fsp3) is 0.278. The van der Waals surface area contributed by atoms with Crippen molar-refractivity contribution in [3.63, 3.8) is 0 Å². The second kappa shape index (κ2) is 5.60. The predicted octanol–water partition coefficient (Wildman–Crippen LogP) is 4.21. The van der Waals surface area contributed by atoms with Gasteiger partial charge in [0.1, 0.15) is 5.75 Å². The Hall–Kier alpha value is -2.29. The minimum Gasteiger partial charge on any atom is -0.491 e. The maximum absolute atomic E-state index is 12.2. The van der Waals surface area contributed by atoms with Crippen molar-refractivity contribution < 1.29 is 9.53 Å². The van der Waals surface area contributed by atoms with Crippen LogP contribution in [-0.2, 0) is 0 Å². The lowest BCUT2D eigenvalue weighted by Gasteiger charge is -2.26. The summed E-state index contributed by atoms with van der Waals surface area (Å²) in [6, 6.07) is 15.7. The van der Waals surface area contributed by atoms with Gasteiger partial charge in [0, 0.05) is 17.7 Å². The van der Waals surface area contributed by atoms with Gasteiger partial charge in [-0.15, -0.1) is 0 Å². The van der Waals surface area contributed by atoms with Gasteiger partial charge in [0.25, 0.3) is 0 Å². The van der Waals surface area contributed by atoms with E-state index in [-0.39, 0.29) is 17.9 Å². The first-order chi connectivity index (χ1) is 10.1. The van der Waals surface area contributed by atoms with Gasteiger partial charge in [-0.05, 0) is 43.7 Å². The summed E-state index contributed by atoms with van der Waals surface area (Å²) in [6.07, 6.45) is 0.651. The van der Waals surface area contributed by atoms with Gasteiger partial charge < -0.3 is 10.1 Å². The number of anilines is 1. The number of ether oxygens (including phenoxy) is 1. The summed E-state index contributed by atoms with van der Waals surface area (Å²) in [7, 11) is 0. The van der Waals surface area contributed by atoms with Crippen LogP contribution >= 0.6 is 0 Å². The average Bonchev–Trinajstić information content (AvgIpc) is 2.47. The first-order valence-electron chi connectivity index (χ1n) is 7.29. The molecule has 0 saturated carbocycles. The third-order valence-electron chi connectivity index (χ3n) is 3.60. The van der Waals surface area contributed by atoms with Crippen LogP contribution in [0, 0.1) is 0 Å². The summed E-state index contributed by atoms with van der Waals surface area (Å²) in [5.74, 6) is 1.05. The van der Waals surface area contributed by atoms with E-state index in [1.54, 1.807) is 0 Å². The van der Waals surface area contributed by atoms with Gasteiger partial charge in [0.15, 0.2) is 5.78 Å². The number of carbonyl (C=O) groups is 1. The lowest BCUT2D eigenvalue weighted by molar-refractivity contribution is 0.0972. The maximum Gasteiger partial charge on any atom is 0.167 e. The third kappa shape index (κ3) is 2.92. The molecule has 1 heterocycles. The number of para-hydroxylation sites is 1. The molecule has 108 valence electrons. The van der Waals surface area contributed by atoms with Crippen LogP contribution in [0.3, 0.4) is 0 Å². The Balaban J connectivity index is 1.81. The molecule has 3 nitrogen and oxygen atoms in total. The molecule has 0 aliphatic carbocycles. The van der Waals surface area contributed by atoms with Gasteiger partial charge in [-0.1, -0.05) is 24.3 Å². The third-order valence-corrected chi connectivity index (χ3v) is 3.60. The van der Waals surface area contributed by atoms with E-state index in [0.717, 1.165) is 22.6 Å². The minimum absolute atomic E-state index is 0.0282. The van der Waals surface area contributed by atoms with Gasteiger partial charge in [-0.2, -0.15) is 0 Å². The van der Waals surface area contributed by atoms with Crippen molar-refractivity contribution in [1.29, 1.82) is 0 Å². The van der Waals surface area contributed by atoms with Crippen LogP contribution in [0.25, 0.3) is 0 Å². The van der Waals surface area contributed by atoms with Crippen molar-refractivity contribution in [2.75, 3.05) is 5.32 Å². The molecular formula is C18H19NO2. The topological polar surface area (TPSA) is 38.3 Å².